The predicted octanol–water partition coefficient (Wildman–Crippen LogP) is 5.20. The Morgan fingerprint density at radius 3 is 2.36 bits per heavy atom. The Morgan fingerprint density at radius 2 is 1.58 bits per heavy atom. The zero-order valence-corrected chi connectivity index (χ0v) is 21.6. The fourth-order valence-corrected chi connectivity index (χ4v) is 6.13. The van der Waals surface area contributed by atoms with E-state index in [0.29, 0.717) is 6.04 Å². The van der Waals surface area contributed by atoms with Crippen LogP contribution in [0, 0.1) is 13.8 Å². The zero-order valence-electron chi connectivity index (χ0n) is 21.6. The van der Waals surface area contributed by atoms with Crippen molar-refractivity contribution in [2.45, 2.75) is 32.7 Å². The molecule has 0 bridgehead atoms. The summed E-state index contributed by atoms with van der Waals surface area (Å²) < 4.78 is 5.58. The lowest BCUT2D eigenvalue weighted by Gasteiger charge is -2.44. The van der Waals surface area contributed by atoms with Gasteiger partial charge >= 0.3 is 0 Å². The predicted molar refractivity (Wildman–Crippen MR) is 149 cm³/mol. The summed E-state index contributed by atoms with van der Waals surface area (Å²) in [5.74, 6) is 0.897. The maximum absolute atomic E-state index is 5.58. The van der Waals surface area contributed by atoms with Gasteiger partial charge in [0.25, 0.3) is 0 Å². The highest BCUT2D eigenvalue weighted by Gasteiger charge is 2.29. The highest BCUT2D eigenvalue weighted by atomic mass is 16.5. The first kappa shape index (κ1) is 23.0. The number of methoxy groups -OCH3 is 1. The van der Waals surface area contributed by atoms with E-state index in [2.05, 4.69) is 76.0 Å². The smallest absolute Gasteiger partial charge is 0.121 e. The van der Waals surface area contributed by atoms with Gasteiger partial charge in [0.1, 0.15) is 5.75 Å². The number of pyridine rings is 2. The van der Waals surface area contributed by atoms with Crippen LogP contribution in [0.1, 0.15) is 24.1 Å². The highest BCUT2D eigenvalue weighted by Crippen LogP contribution is 2.33. The maximum Gasteiger partial charge on any atom is 0.121 e. The standard InChI is InChI=1S/C30H35N5O/c1-21-18-22(2)32-30-26(21)7-4-8-27(30)34-12-9-24(10-13-34)33-14-16-35(17-15-33)28-20-25(36-3)19-23-6-5-11-31-29(23)28/h4-8,11,18-20,24H,9-10,12-17H2,1-3H3. The summed E-state index contributed by atoms with van der Waals surface area (Å²) in [6.07, 6.45) is 4.28. The molecule has 0 atom stereocenters. The number of benzene rings is 2. The Bertz CT molecular complexity index is 1390. The summed E-state index contributed by atoms with van der Waals surface area (Å²) in [6, 6.07) is 17.8. The number of piperidine rings is 1. The average molecular weight is 482 g/mol. The first-order valence-electron chi connectivity index (χ1n) is 13.1. The summed E-state index contributed by atoms with van der Waals surface area (Å²) >= 11 is 0. The Labute approximate surface area is 213 Å². The highest BCUT2D eigenvalue weighted by molar-refractivity contribution is 5.93. The van der Waals surface area contributed by atoms with Crippen molar-refractivity contribution in [2.24, 2.45) is 0 Å². The van der Waals surface area contributed by atoms with Gasteiger partial charge in [0.15, 0.2) is 0 Å². The molecule has 2 fully saturated rings. The van der Waals surface area contributed by atoms with Crippen molar-refractivity contribution in [1.29, 1.82) is 0 Å². The molecule has 0 aliphatic carbocycles. The second-order valence-electron chi connectivity index (χ2n) is 10.2. The van der Waals surface area contributed by atoms with Gasteiger partial charge in [-0.15, -0.1) is 0 Å². The third-order valence-electron chi connectivity index (χ3n) is 8.02. The molecule has 2 saturated heterocycles. The van der Waals surface area contributed by atoms with E-state index in [1.807, 2.05) is 12.3 Å². The molecule has 0 radical (unpaired) electrons. The number of ether oxygens (including phenoxy) is 1. The molecule has 2 aliphatic heterocycles. The molecule has 0 amide bonds. The largest absolute Gasteiger partial charge is 0.497 e. The van der Waals surface area contributed by atoms with E-state index in [-0.39, 0.29) is 0 Å². The fraction of sp³-hybridized carbons (Fsp3) is 0.400. The molecule has 0 spiro atoms. The molecule has 4 aromatic rings. The molecule has 4 heterocycles. The normalized spacial score (nSPS) is 17.8. The number of fused-ring (bicyclic) bond motifs is 2. The van der Waals surface area contributed by atoms with Crippen molar-refractivity contribution in [3.8, 4) is 5.75 Å². The summed E-state index contributed by atoms with van der Waals surface area (Å²) in [5, 5.41) is 2.41. The lowest BCUT2D eigenvalue weighted by atomic mass is 10.00. The fourth-order valence-electron chi connectivity index (χ4n) is 6.13. The van der Waals surface area contributed by atoms with Crippen LogP contribution in [-0.2, 0) is 0 Å². The number of nitrogens with zero attached hydrogens (tertiary/aromatic N) is 5. The SMILES string of the molecule is COc1cc(N2CCN(C3CCN(c4cccc5c(C)cc(C)nc45)CC3)CC2)c2ncccc2c1. The first-order chi connectivity index (χ1) is 17.6. The minimum Gasteiger partial charge on any atom is -0.497 e. The van der Waals surface area contributed by atoms with Gasteiger partial charge in [-0.25, -0.2) is 0 Å². The second kappa shape index (κ2) is 9.58. The molecule has 6 nitrogen and oxygen atoms in total. The number of hydrogen-bond donors (Lipinski definition) is 0. The summed E-state index contributed by atoms with van der Waals surface area (Å²) in [6.45, 7) is 10.7. The third-order valence-corrected chi connectivity index (χ3v) is 8.02. The van der Waals surface area contributed by atoms with Gasteiger partial charge in [-0.1, -0.05) is 18.2 Å². The van der Waals surface area contributed by atoms with Crippen molar-refractivity contribution >= 4 is 33.2 Å². The van der Waals surface area contributed by atoms with E-state index < -0.39 is 0 Å². The summed E-state index contributed by atoms with van der Waals surface area (Å²) in [4.78, 5) is 17.3. The van der Waals surface area contributed by atoms with Crippen LogP contribution in [0.2, 0.25) is 0 Å². The molecule has 186 valence electrons. The quantitative estimate of drug-likeness (QED) is 0.399. The number of rotatable bonds is 4. The van der Waals surface area contributed by atoms with Gasteiger partial charge in [0.2, 0.25) is 0 Å². The molecule has 2 aliphatic rings. The van der Waals surface area contributed by atoms with Crippen LogP contribution in [0.4, 0.5) is 11.4 Å². The third kappa shape index (κ3) is 4.24. The zero-order chi connectivity index (χ0) is 24.6. The molecule has 36 heavy (non-hydrogen) atoms. The molecule has 0 unspecified atom stereocenters. The van der Waals surface area contributed by atoms with Crippen molar-refractivity contribution in [1.82, 2.24) is 14.9 Å². The molecule has 6 heteroatoms. The van der Waals surface area contributed by atoms with Gasteiger partial charge in [0.05, 0.1) is 29.5 Å². The van der Waals surface area contributed by atoms with Crippen LogP contribution >= 0.6 is 0 Å². The monoisotopic (exact) mass is 481 g/mol. The average Bonchev–Trinajstić information content (AvgIpc) is 2.92. The van der Waals surface area contributed by atoms with Crippen LogP contribution in [0.5, 0.6) is 5.75 Å². The van der Waals surface area contributed by atoms with Crippen molar-refractivity contribution in [3.63, 3.8) is 0 Å². The van der Waals surface area contributed by atoms with Gasteiger partial charge in [-0.05, 0) is 56.5 Å². The molecule has 0 N–H and O–H groups in total. The minimum absolute atomic E-state index is 0.648. The van der Waals surface area contributed by atoms with E-state index in [4.69, 9.17) is 9.72 Å². The van der Waals surface area contributed by atoms with Crippen molar-refractivity contribution in [2.75, 3.05) is 56.2 Å². The molecule has 2 aromatic carbocycles. The van der Waals surface area contributed by atoms with Gasteiger partial charge in [-0.3, -0.25) is 14.9 Å². The number of anilines is 2. The van der Waals surface area contributed by atoms with Crippen molar-refractivity contribution in [3.05, 3.63) is 66.0 Å². The number of aromatic nitrogens is 2. The van der Waals surface area contributed by atoms with Crippen LogP contribution in [-0.4, -0.2) is 67.3 Å². The Hall–Kier alpha value is -3.38. The first-order valence-corrected chi connectivity index (χ1v) is 13.1. The Morgan fingerprint density at radius 1 is 0.806 bits per heavy atom. The van der Waals surface area contributed by atoms with Gasteiger partial charge in [-0.2, -0.15) is 0 Å². The molecule has 0 saturated carbocycles. The Kier molecular flexibility index (Phi) is 6.13. The maximum atomic E-state index is 5.58. The summed E-state index contributed by atoms with van der Waals surface area (Å²) in [7, 11) is 1.74. The van der Waals surface area contributed by atoms with E-state index in [0.717, 1.165) is 67.1 Å². The molecule has 2 aromatic heterocycles. The lowest BCUT2D eigenvalue weighted by Crippen LogP contribution is -2.53. The minimum atomic E-state index is 0.648. The van der Waals surface area contributed by atoms with E-state index in [9.17, 15) is 0 Å². The molecular weight excluding hydrogens is 446 g/mol. The number of hydrogen-bond acceptors (Lipinski definition) is 6. The van der Waals surface area contributed by atoms with E-state index in [1.165, 1.54) is 35.2 Å². The van der Waals surface area contributed by atoms with Gasteiger partial charge < -0.3 is 14.5 Å². The van der Waals surface area contributed by atoms with E-state index >= 15 is 0 Å². The number of piperazine rings is 1. The van der Waals surface area contributed by atoms with Gasteiger partial charge in [0, 0.05) is 74.0 Å². The molecular formula is C30H35N5O. The topological polar surface area (TPSA) is 44.7 Å². The molecule has 6 rings (SSSR count). The second-order valence-corrected chi connectivity index (χ2v) is 10.2. The van der Waals surface area contributed by atoms with Crippen molar-refractivity contribution < 1.29 is 4.74 Å². The lowest BCUT2D eigenvalue weighted by molar-refractivity contribution is 0.160. The van der Waals surface area contributed by atoms with Crippen LogP contribution in [0.3, 0.4) is 0 Å². The van der Waals surface area contributed by atoms with Crippen LogP contribution < -0.4 is 14.5 Å². The van der Waals surface area contributed by atoms with Crippen LogP contribution in [0.25, 0.3) is 21.8 Å². The number of para-hydroxylation sites is 1. The number of aryl methyl sites for hydroxylation is 2. The van der Waals surface area contributed by atoms with Crippen LogP contribution in [0.15, 0.2) is 54.7 Å². The summed E-state index contributed by atoms with van der Waals surface area (Å²) in [5.41, 5.74) is 7.11. The van der Waals surface area contributed by atoms with E-state index in [1.54, 1.807) is 7.11 Å². The Balaban J connectivity index is 1.12.